The average Bonchev–Trinajstić information content (AvgIpc) is 3.12. The third-order valence-electron chi connectivity index (χ3n) is 4.50. The molecule has 0 radical (unpaired) electrons. The van der Waals surface area contributed by atoms with E-state index in [0.717, 1.165) is 27.9 Å². The molecule has 0 unspecified atom stereocenters. The number of nitrogens with zero attached hydrogens (tertiary/aromatic N) is 2. The van der Waals surface area contributed by atoms with Crippen molar-refractivity contribution in [1.29, 1.82) is 0 Å². The minimum Gasteiger partial charge on any atom is -0.308 e. The van der Waals surface area contributed by atoms with Crippen LogP contribution >= 0.6 is 11.3 Å². The van der Waals surface area contributed by atoms with Crippen molar-refractivity contribution in [2.24, 2.45) is 0 Å². The normalized spacial score (nSPS) is 16.8. The minimum absolute atomic E-state index is 0.0300. The second-order valence-electron chi connectivity index (χ2n) is 6.55. The van der Waals surface area contributed by atoms with Crippen molar-refractivity contribution in [2.45, 2.75) is 25.1 Å². The Morgan fingerprint density at radius 3 is 2.73 bits per heavy atom. The van der Waals surface area contributed by atoms with Crippen molar-refractivity contribution in [3.63, 3.8) is 0 Å². The number of anilines is 1. The number of thiazole rings is 1. The van der Waals surface area contributed by atoms with Gasteiger partial charge in [-0.05, 0) is 37.1 Å². The zero-order chi connectivity index (χ0) is 18.3. The highest BCUT2D eigenvalue weighted by Crippen LogP contribution is 2.32. The number of rotatable bonds is 4. The number of hydrogen-bond acceptors (Lipinski definition) is 5. The van der Waals surface area contributed by atoms with Crippen LogP contribution in [0.25, 0.3) is 10.2 Å². The number of fused-ring (bicyclic) bond motifs is 2. The highest BCUT2D eigenvalue weighted by molar-refractivity contribution is 7.91. The third kappa shape index (κ3) is 3.24. The largest absolute Gasteiger partial charge is 0.308 e. The molecule has 134 valence electrons. The van der Waals surface area contributed by atoms with Crippen molar-refractivity contribution >= 4 is 43.0 Å². The molecule has 2 aromatic carbocycles. The van der Waals surface area contributed by atoms with E-state index in [2.05, 4.69) is 4.98 Å². The van der Waals surface area contributed by atoms with Gasteiger partial charge in [0.05, 0.1) is 10.2 Å². The van der Waals surface area contributed by atoms with E-state index in [1.165, 1.54) is 11.3 Å². The molecular formula is C19H18N2O3S2. The number of hydrogen-bond donors (Lipinski definition) is 0. The van der Waals surface area contributed by atoms with Crippen LogP contribution in [0.4, 0.5) is 5.69 Å². The van der Waals surface area contributed by atoms with Gasteiger partial charge in [0, 0.05) is 11.7 Å². The molecule has 0 aliphatic carbocycles. The van der Waals surface area contributed by atoms with Crippen molar-refractivity contribution < 1.29 is 13.2 Å². The number of carbonyl (C=O) groups is 1. The zero-order valence-corrected chi connectivity index (χ0v) is 15.9. The number of carbonyl (C=O) groups excluding carboxylic acids is 1. The molecule has 1 aliphatic heterocycles. The van der Waals surface area contributed by atoms with Gasteiger partial charge < -0.3 is 4.90 Å². The van der Waals surface area contributed by atoms with E-state index in [9.17, 15) is 13.2 Å². The highest BCUT2D eigenvalue weighted by Gasteiger charge is 2.33. The van der Waals surface area contributed by atoms with Crippen LogP contribution in [0.2, 0.25) is 0 Å². The third-order valence-corrected chi connectivity index (χ3v) is 7.12. The molecule has 0 N–H and O–H groups in total. The van der Waals surface area contributed by atoms with E-state index < -0.39 is 15.6 Å². The topological polar surface area (TPSA) is 67.3 Å². The summed E-state index contributed by atoms with van der Waals surface area (Å²) in [5, 5.41) is 0.522. The van der Waals surface area contributed by atoms with E-state index in [1.54, 1.807) is 4.90 Å². The first-order valence-corrected chi connectivity index (χ1v) is 11.0. The first-order valence-electron chi connectivity index (χ1n) is 8.38. The van der Waals surface area contributed by atoms with Gasteiger partial charge in [0.25, 0.3) is 0 Å². The quantitative estimate of drug-likeness (QED) is 0.691. The van der Waals surface area contributed by atoms with Gasteiger partial charge in [-0.2, -0.15) is 0 Å². The second-order valence-corrected chi connectivity index (χ2v) is 9.73. The first-order chi connectivity index (χ1) is 12.4. The molecular weight excluding hydrogens is 368 g/mol. The Hall–Kier alpha value is -2.25. The molecule has 1 aromatic heterocycles. The van der Waals surface area contributed by atoms with Crippen LogP contribution in [0.15, 0.2) is 48.5 Å². The summed E-state index contributed by atoms with van der Waals surface area (Å²) in [6.45, 7) is 1.94. The van der Waals surface area contributed by atoms with E-state index in [0.29, 0.717) is 5.01 Å². The summed E-state index contributed by atoms with van der Waals surface area (Å²) in [5.41, 5.74) is 2.69. The Labute approximate surface area is 156 Å². The zero-order valence-electron chi connectivity index (χ0n) is 14.3. The van der Waals surface area contributed by atoms with Gasteiger partial charge in [-0.25, -0.2) is 13.4 Å². The monoisotopic (exact) mass is 386 g/mol. The highest BCUT2D eigenvalue weighted by atomic mass is 32.2. The van der Waals surface area contributed by atoms with Crippen LogP contribution in [0.3, 0.4) is 0 Å². The molecule has 0 saturated carbocycles. The second kappa shape index (κ2) is 6.48. The molecule has 0 bridgehead atoms. The average molecular weight is 386 g/mol. The smallest absolute Gasteiger partial charge is 0.242 e. The van der Waals surface area contributed by atoms with Crippen LogP contribution in [-0.2, 0) is 26.8 Å². The van der Waals surface area contributed by atoms with Crippen LogP contribution in [0.5, 0.6) is 0 Å². The minimum atomic E-state index is -3.59. The maximum Gasteiger partial charge on any atom is 0.242 e. The number of aromatic nitrogens is 1. The number of sulfone groups is 1. The lowest BCUT2D eigenvalue weighted by Gasteiger charge is -2.22. The molecule has 1 atom stereocenters. The molecule has 7 heteroatoms. The summed E-state index contributed by atoms with van der Waals surface area (Å²) < 4.78 is 26.1. The predicted octanol–water partition coefficient (Wildman–Crippen LogP) is 3.19. The molecule has 4 rings (SSSR count). The van der Waals surface area contributed by atoms with E-state index in [-0.39, 0.29) is 17.7 Å². The fraction of sp³-hybridized carbons (Fsp3) is 0.263. The molecule has 1 aliphatic rings. The summed E-state index contributed by atoms with van der Waals surface area (Å²) in [6.07, 6.45) is 0.750. The fourth-order valence-electron chi connectivity index (χ4n) is 3.42. The molecule has 0 saturated heterocycles. The number of amides is 1. The fourth-order valence-corrected chi connectivity index (χ4v) is 6.02. The van der Waals surface area contributed by atoms with Crippen LogP contribution in [0, 0.1) is 0 Å². The number of benzene rings is 2. The molecule has 5 nitrogen and oxygen atoms in total. The van der Waals surface area contributed by atoms with Crippen molar-refractivity contribution in [3.8, 4) is 0 Å². The van der Waals surface area contributed by atoms with Gasteiger partial charge in [0.15, 0.2) is 9.84 Å². The Bertz CT molecular complexity index is 1060. The van der Waals surface area contributed by atoms with Crippen molar-refractivity contribution in [1.82, 2.24) is 4.98 Å². The number of para-hydroxylation sites is 2. The Morgan fingerprint density at radius 2 is 1.92 bits per heavy atom. The molecule has 0 fully saturated rings. The summed E-state index contributed by atoms with van der Waals surface area (Å²) in [4.78, 5) is 18.7. The van der Waals surface area contributed by atoms with Gasteiger partial charge >= 0.3 is 0 Å². The van der Waals surface area contributed by atoms with Crippen LogP contribution in [0.1, 0.15) is 17.5 Å². The van der Waals surface area contributed by atoms with Gasteiger partial charge in [-0.3, -0.25) is 4.79 Å². The van der Waals surface area contributed by atoms with E-state index in [1.807, 2.05) is 55.5 Å². The van der Waals surface area contributed by atoms with Crippen LogP contribution in [-0.4, -0.2) is 31.1 Å². The van der Waals surface area contributed by atoms with Crippen LogP contribution < -0.4 is 4.90 Å². The maximum atomic E-state index is 12.7. The molecule has 0 spiro atoms. The lowest BCUT2D eigenvalue weighted by atomic mass is 10.1. The molecule has 26 heavy (non-hydrogen) atoms. The first kappa shape index (κ1) is 17.2. The van der Waals surface area contributed by atoms with E-state index in [4.69, 9.17) is 0 Å². The van der Waals surface area contributed by atoms with Gasteiger partial charge in [0.2, 0.25) is 5.91 Å². The SMILES string of the molecule is C[C@H]1Cc2ccccc2N1C(=O)CS(=O)(=O)Cc1nc2ccccc2s1. The predicted molar refractivity (Wildman–Crippen MR) is 104 cm³/mol. The lowest BCUT2D eigenvalue weighted by molar-refractivity contribution is -0.116. The van der Waals surface area contributed by atoms with Gasteiger partial charge in [0.1, 0.15) is 16.5 Å². The summed E-state index contributed by atoms with van der Waals surface area (Å²) in [5.74, 6) is -1.08. The summed E-state index contributed by atoms with van der Waals surface area (Å²) in [6, 6.07) is 15.2. The Morgan fingerprint density at radius 1 is 1.19 bits per heavy atom. The van der Waals surface area contributed by atoms with E-state index >= 15 is 0 Å². The maximum absolute atomic E-state index is 12.7. The lowest BCUT2D eigenvalue weighted by Crippen LogP contribution is -2.39. The Balaban J connectivity index is 1.53. The van der Waals surface area contributed by atoms with Gasteiger partial charge in [-0.1, -0.05) is 30.3 Å². The molecule has 1 amide bonds. The van der Waals surface area contributed by atoms with Crippen molar-refractivity contribution in [2.75, 3.05) is 10.7 Å². The molecule has 2 heterocycles. The molecule has 3 aromatic rings. The standard InChI is InChI=1S/C19H18N2O3S2/c1-13-10-14-6-2-4-8-16(14)21(13)19(22)12-26(23,24)11-18-20-15-7-3-5-9-17(15)25-18/h2-9,13H,10-12H2,1H3/t13-/m0/s1. The summed E-state index contributed by atoms with van der Waals surface area (Å²) in [7, 11) is -3.59. The summed E-state index contributed by atoms with van der Waals surface area (Å²) >= 11 is 1.36. The van der Waals surface area contributed by atoms with Gasteiger partial charge in [-0.15, -0.1) is 11.3 Å². The Kier molecular flexibility index (Phi) is 4.28. The van der Waals surface area contributed by atoms with Crippen molar-refractivity contribution in [3.05, 3.63) is 59.1 Å².